The van der Waals surface area contributed by atoms with Gasteiger partial charge in [-0.25, -0.2) is 4.39 Å². The minimum Gasteiger partial charge on any atom is -0.433 e. The van der Waals surface area contributed by atoms with Crippen LogP contribution in [0, 0.1) is 5.82 Å². The minimum atomic E-state index is -2.92. The standard InChI is InChI=1S/C14H10BrClF3NO/c15-10-5-8(1-3-12(10)17)7-20-9-2-4-13(11(16)6-9)21-14(18)19/h1-6,14,20H,7H2. The molecule has 7 heteroatoms. The summed E-state index contributed by atoms with van der Waals surface area (Å²) in [4.78, 5) is 0. The zero-order chi connectivity index (χ0) is 15.4. The largest absolute Gasteiger partial charge is 0.433 e. The third-order valence-electron chi connectivity index (χ3n) is 2.63. The maximum Gasteiger partial charge on any atom is 0.387 e. The lowest BCUT2D eigenvalue weighted by atomic mass is 10.2. The Kier molecular flexibility index (Phi) is 5.36. The molecule has 0 aliphatic carbocycles. The van der Waals surface area contributed by atoms with Gasteiger partial charge in [-0.1, -0.05) is 17.7 Å². The Bertz CT molecular complexity index is 640. The van der Waals surface area contributed by atoms with Crippen LogP contribution >= 0.6 is 27.5 Å². The molecule has 21 heavy (non-hydrogen) atoms. The van der Waals surface area contributed by atoms with E-state index in [0.717, 1.165) is 5.56 Å². The lowest BCUT2D eigenvalue weighted by Gasteiger charge is -2.10. The normalized spacial score (nSPS) is 10.8. The van der Waals surface area contributed by atoms with E-state index in [1.165, 1.54) is 18.2 Å². The number of hydrogen-bond acceptors (Lipinski definition) is 2. The first-order valence-electron chi connectivity index (χ1n) is 5.88. The second-order valence-electron chi connectivity index (χ2n) is 4.13. The fourth-order valence-corrected chi connectivity index (χ4v) is 2.31. The summed E-state index contributed by atoms with van der Waals surface area (Å²) in [6.07, 6.45) is 0. The molecule has 2 rings (SSSR count). The van der Waals surface area contributed by atoms with Crippen molar-refractivity contribution in [3.63, 3.8) is 0 Å². The molecule has 0 bridgehead atoms. The number of alkyl halides is 2. The Balaban J connectivity index is 2.03. The van der Waals surface area contributed by atoms with Gasteiger partial charge in [0.15, 0.2) is 0 Å². The molecule has 0 saturated carbocycles. The maximum absolute atomic E-state index is 13.1. The second-order valence-corrected chi connectivity index (χ2v) is 5.39. The number of hydrogen-bond donors (Lipinski definition) is 1. The van der Waals surface area contributed by atoms with Gasteiger partial charge in [0.2, 0.25) is 0 Å². The molecule has 2 aromatic rings. The van der Waals surface area contributed by atoms with Crippen LogP contribution in [0.4, 0.5) is 18.9 Å². The molecule has 0 aliphatic rings. The highest BCUT2D eigenvalue weighted by atomic mass is 79.9. The third kappa shape index (κ3) is 4.54. The van der Waals surface area contributed by atoms with Crippen molar-refractivity contribution in [3.05, 3.63) is 57.3 Å². The van der Waals surface area contributed by atoms with E-state index in [1.54, 1.807) is 18.2 Å². The van der Waals surface area contributed by atoms with Crippen LogP contribution in [-0.2, 0) is 6.54 Å². The molecule has 112 valence electrons. The van der Waals surface area contributed by atoms with Crippen LogP contribution < -0.4 is 10.1 Å². The first-order valence-corrected chi connectivity index (χ1v) is 7.05. The molecule has 1 N–H and O–H groups in total. The lowest BCUT2D eigenvalue weighted by molar-refractivity contribution is -0.0497. The lowest BCUT2D eigenvalue weighted by Crippen LogP contribution is -2.03. The quantitative estimate of drug-likeness (QED) is 0.744. The Labute approximate surface area is 133 Å². The summed E-state index contributed by atoms with van der Waals surface area (Å²) < 4.78 is 41.9. The highest BCUT2D eigenvalue weighted by molar-refractivity contribution is 9.10. The summed E-state index contributed by atoms with van der Waals surface area (Å²) >= 11 is 8.95. The summed E-state index contributed by atoms with van der Waals surface area (Å²) in [7, 11) is 0. The molecule has 0 amide bonds. The number of benzene rings is 2. The Hall–Kier alpha value is -1.40. The fraction of sp³-hybridized carbons (Fsp3) is 0.143. The monoisotopic (exact) mass is 379 g/mol. The van der Waals surface area contributed by atoms with Gasteiger partial charge >= 0.3 is 6.61 Å². The van der Waals surface area contributed by atoms with Crippen LogP contribution in [-0.4, -0.2) is 6.61 Å². The summed E-state index contributed by atoms with van der Waals surface area (Å²) in [6.45, 7) is -2.48. The van der Waals surface area contributed by atoms with Gasteiger partial charge in [-0.2, -0.15) is 8.78 Å². The van der Waals surface area contributed by atoms with E-state index in [-0.39, 0.29) is 16.6 Å². The molecular weight excluding hydrogens is 371 g/mol. The molecule has 0 heterocycles. The average molecular weight is 381 g/mol. The summed E-state index contributed by atoms with van der Waals surface area (Å²) in [5.41, 5.74) is 1.49. The highest BCUT2D eigenvalue weighted by Gasteiger charge is 2.09. The van der Waals surface area contributed by atoms with Crippen LogP contribution in [0.2, 0.25) is 5.02 Å². The van der Waals surface area contributed by atoms with E-state index in [2.05, 4.69) is 26.0 Å². The van der Waals surface area contributed by atoms with Gasteiger partial charge in [0.05, 0.1) is 9.50 Å². The number of rotatable bonds is 5. The van der Waals surface area contributed by atoms with Gasteiger partial charge in [0.25, 0.3) is 0 Å². The van der Waals surface area contributed by atoms with Crippen molar-refractivity contribution in [3.8, 4) is 5.75 Å². The molecule has 0 radical (unpaired) electrons. The number of anilines is 1. The summed E-state index contributed by atoms with van der Waals surface area (Å²) in [5, 5.41) is 3.14. The number of ether oxygens (including phenoxy) is 1. The fourth-order valence-electron chi connectivity index (χ4n) is 1.66. The van der Waals surface area contributed by atoms with Crippen molar-refractivity contribution in [1.29, 1.82) is 0 Å². The Morgan fingerprint density at radius 3 is 2.57 bits per heavy atom. The molecule has 0 saturated heterocycles. The van der Waals surface area contributed by atoms with Crippen LogP contribution in [0.25, 0.3) is 0 Å². The van der Waals surface area contributed by atoms with Gasteiger partial charge < -0.3 is 10.1 Å². The van der Waals surface area contributed by atoms with Crippen molar-refractivity contribution in [1.82, 2.24) is 0 Å². The van der Waals surface area contributed by atoms with E-state index < -0.39 is 6.61 Å². The van der Waals surface area contributed by atoms with E-state index in [9.17, 15) is 13.2 Å². The molecule has 2 nitrogen and oxygen atoms in total. The zero-order valence-electron chi connectivity index (χ0n) is 10.5. The first kappa shape index (κ1) is 16.0. The highest BCUT2D eigenvalue weighted by Crippen LogP contribution is 2.29. The molecule has 0 unspecified atom stereocenters. The van der Waals surface area contributed by atoms with Crippen LogP contribution in [0.1, 0.15) is 5.56 Å². The third-order valence-corrected chi connectivity index (χ3v) is 3.53. The van der Waals surface area contributed by atoms with Crippen LogP contribution in [0.5, 0.6) is 5.75 Å². The predicted octanol–water partition coefficient (Wildman–Crippen LogP) is 5.46. The summed E-state index contributed by atoms with van der Waals surface area (Å²) in [6, 6.07) is 9.06. The van der Waals surface area contributed by atoms with Crippen molar-refractivity contribution in [2.45, 2.75) is 13.2 Å². The van der Waals surface area contributed by atoms with Gasteiger partial charge in [-0.05, 0) is 51.8 Å². The Morgan fingerprint density at radius 2 is 1.95 bits per heavy atom. The molecule has 0 fully saturated rings. The molecule has 0 atom stereocenters. The van der Waals surface area contributed by atoms with Crippen molar-refractivity contribution < 1.29 is 17.9 Å². The van der Waals surface area contributed by atoms with E-state index in [1.807, 2.05) is 0 Å². The molecular formula is C14H10BrClF3NO. The van der Waals surface area contributed by atoms with Crippen LogP contribution in [0.3, 0.4) is 0 Å². The van der Waals surface area contributed by atoms with Crippen LogP contribution in [0.15, 0.2) is 40.9 Å². The van der Waals surface area contributed by atoms with Gasteiger partial charge in [-0.3, -0.25) is 0 Å². The van der Waals surface area contributed by atoms with Crippen molar-refractivity contribution in [2.75, 3.05) is 5.32 Å². The minimum absolute atomic E-state index is 0.0817. The second kappa shape index (κ2) is 7.04. The van der Waals surface area contributed by atoms with E-state index >= 15 is 0 Å². The van der Waals surface area contributed by atoms with Gasteiger partial charge in [-0.15, -0.1) is 0 Å². The van der Waals surface area contributed by atoms with Gasteiger partial charge in [0, 0.05) is 12.2 Å². The smallest absolute Gasteiger partial charge is 0.387 e. The van der Waals surface area contributed by atoms with Crippen molar-refractivity contribution in [2.24, 2.45) is 0 Å². The average Bonchev–Trinajstić information content (AvgIpc) is 2.42. The molecule has 0 spiro atoms. The first-order chi connectivity index (χ1) is 9.95. The van der Waals surface area contributed by atoms with E-state index in [0.29, 0.717) is 16.7 Å². The van der Waals surface area contributed by atoms with E-state index in [4.69, 9.17) is 11.6 Å². The topological polar surface area (TPSA) is 21.3 Å². The maximum atomic E-state index is 13.1. The SMILES string of the molecule is Fc1ccc(CNc2ccc(OC(F)F)c(Cl)c2)cc1Br. The number of nitrogens with one attached hydrogen (secondary N) is 1. The predicted molar refractivity (Wildman–Crippen MR) is 79.5 cm³/mol. The molecule has 0 aromatic heterocycles. The number of halogens is 5. The zero-order valence-corrected chi connectivity index (χ0v) is 12.9. The molecule has 2 aromatic carbocycles. The van der Waals surface area contributed by atoms with Crippen molar-refractivity contribution >= 4 is 33.2 Å². The molecule has 0 aliphatic heterocycles. The summed E-state index contributed by atoms with van der Waals surface area (Å²) in [5.74, 6) is -0.419. The van der Waals surface area contributed by atoms with Gasteiger partial charge in [0.1, 0.15) is 11.6 Å². The Morgan fingerprint density at radius 1 is 1.19 bits per heavy atom.